The Morgan fingerprint density at radius 2 is 1.78 bits per heavy atom. The first kappa shape index (κ1) is 27.4. The van der Waals surface area contributed by atoms with Gasteiger partial charge in [0.15, 0.2) is 5.69 Å². The molecule has 0 aliphatic carbocycles. The lowest BCUT2D eigenvalue weighted by Gasteiger charge is -2.26. The van der Waals surface area contributed by atoms with E-state index in [1.165, 1.54) is 12.1 Å². The molecule has 3 heterocycles. The van der Waals surface area contributed by atoms with E-state index in [9.17, 15) is 9.18 Å². The second-order valence-electron chi connectivity index (χ2n) is 9.43. The lowest BCUT2D eigenvalue weighted by molar-refractivity contribution is 0.0876. The molecular formula is C32H30FN5O3. The van der Waals surface area contributed by atoms with E-state index in [-0.39, 0.29) is 19.2 Å². The minimum absolute atomic E-state index is 0. The summed E-state index contributed by atoms with van der Waals surface area (Å²) in [6.07, 6.45) is 2.99. The zero-order valence-electron chi connectivity index (χ0n) is 21.9. The van der Waals surface area contributed by atoms with Crippen LogP contribution in [0, 0.1) is 5.82 Å². The first-order valence-corrected chi connectivity index (χ1v) is 12.8. The third-order valence-corrected chi connectivity index (χ3v) is 6.71. The van der Waals surface area contributed by atoms with Gasteiger partial charge in [-0.3, -0.25) is 4.79 Å². The number of amides is 1. The van der Waals surface area contributed by atoms with E-state index in [0.29, 0.717) is 17.2 Å². The van der Waals surface area contributed by atoms with Crippen LogP contribution in [-0.2, 0) is 0 Å². The second-order valence-corrected chi connectivity index (χ2v) is 9.43. The molecule has 2 atom stereocenters. The molecule has 9 heteroatoms. The Hall–Kier alpha value is -5.18. The van der Waals surface area contributed by atoms with Gasteiger partial charge in [0.05, 0.1) is 36.1 Å². The largest absolute Gasteiger partial charge is 0.497 e. The molecule has 1 N–H and O–H groups in total. The number of hydrogen-bond donors (Lipinski definition) is 1. The van der Waals surface area contributed by atoms with Gasteiger partial charge >= 0.3 is 0 Å². The average molecular weight is 552 g/mol. The SMILES string of the molecule is C.COc1cccc([C@@H](Oc2ccc3c(cnn3-c3ccc(F)cc3)c2)[C@H](C)NC(=O)c2cc3ccccn3n2)c1. The fourth-order valence-corrected chi connectivity index (χ4v) is 4.70. The van der Waals surface area contributed by atoms with E-state index in [1.54, 1.807) is 46.9 Å². The molecule has 1 amide bonds. The minimum atomic E-state index is -0.541. The molecule has 3 aromatic carbocycles. The molecule has 208 valence electrons. The highest BCUT2D eigenvalue weighted by molar-refractivity contribution is 5.93. The zero-order valence-corrected chi connectivity index (χ0v) is 21.9. The number of halogens is 1. The van der Waals surface area contributed by atoms with Gasteiger partial charge in [-0.2, -0.15) is 10.2 Å². The van der Waals surface area contributed by atoms with E-state index >= 15 is 0 Å². The van der Waals surface area contributed by atoms with Crippen LogP contribution < -0.4 is 14.8 Å². The molecule has 0 unspecified atom stereocenters. The van der Waals surface area contributed by atoms with Crippen molar-refractivity contribution in [3.63, 3.8) is 0 Å². The molecule has 3 aromatic heterocycles. The van der Waals surface area contributed by atoms with E-state index < -0.39 is 12.1 Å². The molecule has 0 aliphatic rings. The molecule has 0 aliphatic heterocycles. The number of hydrogen-bond acceptors (Lipinski definition) is 5. The number of nitrogens with one attached hydrogen (secondary N) is 1. The Labute approximate surface area is 236 Å². The van der Waals surface area contributed by atoms with Crippen LogP contribution in [0.4, 0.5) is 4.39 Å². The zero-order chi connectivity index (χ0) is 27.6. The fraction of sp³-hybridized carbons (Fsp3) is 0.156. The van der Waals surface area contributed by atoms with Crippen molar-refractivity contribution in [3.05, 3.63) is 120 Å². The Balaban J connectivity index is 0.00000337. The van der Waals surface area contributed by atoms with E-state index in [1.807, 2.05) is 67.6 Å². The highest BCUT2D eigenvalue weighted by Gasteiger charge is 2.25. The van der Waals surface area contributed by atoms with Crippen LogP contribution in [0.5, 0.6) is 11.5 Å². The maximum Gasteiger partial charge on any atom is 0.272 e. The van der Waals surface area contributed by atoms with Crippen LogP contribution in [-0.4, -0.2) is 38.5 Å². The summed E-state index contributed by atoms with van der Waals surface area (Å²) in [6, 6.07) is 26.4. The van der Waals surface area contributed by atoms with Gasteiger partial charge in [0.2, 0.25) is 0 Å². The number of rotatable bonds is 8. The maximum absolute atomic E-state index is 13.4. The van der Waals surface area contributed by atoms with Crippen molar-refractivity contribution < 1.29 is 18.7 Å². The number of carbonyl (C=O) groups is 1. The van der Waals surface area contributed by atoms with Gasteiger partial charge in [0.25, 0.3) is 5.91 Å². The standard InChI is InChI=1S/C31H26FN5O3.CH4/c1-20(34-31(38)28-18-25-7-3-4-15-36(25)35-28)30(21-6-5-8-26(16-21)39-2)40-27-13-14-29-22(17-27)19-33-37(29)24-11-9-23(32)10-12-24;/h3-20,30H,1-2H3,(H,34,38);1H4/t20-,30-;/m0./s1. The number of aromatic nitrogens is 4. The van der Waals surface area contributed by atoms with Gasteiger partial charge < -0.3 is 14.8 Å². The van der Waals surface area contributed by atoms with Crippen LogP contribution in [0.1, 0.15) is 36.5 Å². The summed E-state index contributed by atoms with van der Waals surface area (Å²) in [5, 5.41) is 12.8. The van der Waals surface area contributed by atoms with Crippen LogP contribution in [0.15, 0.2) is 103 Å². The average Bonchev–Trinajstić information content (AvgIpc) is 3.61. The van der Waals surface area contributed by atoms with Crippen molar-refractivity contribution >= 4 is 22.3 Å². The smallest absolute Gasteiger partial charge is 0.272 e. The number of pyridine rings is 1. The number of methoxy groups -OCH3 is 1. The van der Waals surface area contributed by atoms with Gasteiger partial charge in [-0.25, -0.2) is 13.6 Å². The third-order valence-electron chi connectivity index (χ3n) is 6.71. The molecular weight excluding hydrogens is 521 g/mol. The number of nitrogens with zero attached hydrogens (tertiary/aromatic N) is 4. The normalized spacial score (nSPS) is 12.5. The molecule has 0 saturated heterocycles. The maximum atomic E-state index is 13.4. The molecule has 0 spiro atoms. The summed E-state index contributed by atoms with van der Waals surface area (Å²) in [4.78, 5) is 13.2. The van der Waals surface area contributed by atoms with Crippen LogP contribution in [0.25, 0.3) is 22.1 Å². The van der Waals surface area contributed by atoms with Crippen molar-refractivity contribution in [3.8, 4) is 17.2 Å². The van der Waals surface area contributed by atoms with Crippen molar-refractivity contribution in [1.82, 2.24) is 24.7 Å². The van der Waals surface area contributed by atoms with E-state index in [0.717, 1.165) is 27.7 Å². The second kappa shape index (κ2) is 11.5. The monoisotopic (exact) mass is 551 g/mol. The number of benzene rings is 3. The van der Waals surface area contributed by atoms with Crippen LogP contribution >= 0.6 is 0 Å². The first-order chi connectivity index (χ1) is 19.5. The summed E-state index contributed by atoms with van der Waals surface area (Å²) >= 11 is 0. The Kier molecular flexibility index (Phi) is 7.69. The van der Waals surface area contributed by atoms with Crippen LogP contribution in [0.2, 0.25) is 0 Å². The van der Waals surface area contributed by atoms with Gasteiger partial charge in [-0.05, 0) is 85.3 Å². The molecule has 0 saturated carbocycles. The summed E-state index contributed by atoms with van der Waals surface area (Å²) in [7, 11) is 1.61. The van der Waals surface area contributed by atoms with Crippen molar-refractivity contribution in [2.75, 3.05) is 7.11 Å². The lowest BCUT2D eigenvalue weighted by atomic mass is 10.0. The molecule has 8 nitrogen and oxygen atoms in total. The predicted octanol–water partition coefficient (Wildman–Crippen LogP) is 6.40. The van der Waals surface area contributed by atoms with Gasteiger partial charge in [0, 0.05) is 11.6 Å². The van der Waals surface area contributed by atoms with Crippen molar-refractivity contribution in [2.24, 2.45) is 0 Å². The Bertz CT molecular complexity index is 1780. The van der Waals surface area contributed by atoms with Crippen molar-refractivity contribution in [1.29, 1.82) is 0 Å². The molecule has 0 bridgehead atoms. The fourth-order valence-electron chi connectivity index (χ4n) is 4.70. The summed E-state index contributed by atoms with van der Waals surface area (Å²) in [6.45, 7) is 1.89. The van der Waals surface area contributed by atoms with Crippen LogP contribution in [0.3, 0.4) is 0 Å². The third kappa shape index (κ3) is 5.60. The quantitative estimate of drug-likeness (QED) is 0.237. The number of ether oxygens (including phenoxy) is 2. The lowest BCUT2D eigenvalue weighted by Crippen LogP contribution is -2.39. The van der Waals surface area contributed by atoms with E-state index in [2.05, 4.69) is 15.5 Å². The summed E-state index contributed by atoms with van der Waals surface area (Å²) in [5.74, 6) is 0.680. The summed E-state index contributed by atoms with van der Waals surface area (Å²) < 4.78 is 28.8. The Morgan fingerprint density at radius 1 is 0.951 bits per heavy atom. The van der Waals surface area contributed by atoms with Crippen molar-refractivity contribution in [2.45, 2.75) is 26.5 Å². The molecule has 0 radical (unpaired) electrons. The van der Waals surface area contributed by atoms with E-state index in [4.69, 9.17) is 9.47 Å². The molecule has 0 fully saturated rings. The number of fused-ring (bicyclic) bond motifs is 2. The number of carbonyl (C=O) groups excluding carboxylic acids is 1. The van der Waals surface area contributed by atoms with Gasteiger partial charge in [-0.15, -0.1) is 0 Å². The first-order valence-electron chi connectivity index (χ1n) is 12.8. The molecule has 41 heavy (non-hydrogen) atoms. The molecule has 6 aromatic rings. The highest BCUT2D eigenvalue weighted by Crippen LogP contribution is 2.30. The Morgan fingerprint density at radius 3 is 2.56 bits per heavy atom. The highest BCUT2D eigenvalue weighted by atomic mass is 19.1. The summed E-state index contributed by atoms with van der Waals surface area (Å²) in [5.41, 5.74) is 3.59. The predicted molar refractivity (Wildman–Crippen MR) is 156 cm³/mol. The van der Waals surface area contributed by atoms with Gasteiger partial charge in [-0.1, -0.05) is 25.6 Å². The van der Waals surface area contributed by atoms with Gasteiger partial charge in [0.1, 0.15) is 23.4 Å². The minimum Gasteiger partial charge on any atom is -0.497 e. The topological polar surface area (TPSA) is 82.7 Å². The molecule has 6 rings (SSSR count).